The number of Topliss-reactive ketones (excluding diaryl/α,β-unsaturated/α-hetero) is 1. The largest absolute Gasteiger partial charge is 0.300 e. The lowest BCUT2D eigenvalue weighted by atomic mass is 9.65. The molecule has 108 valence electrons. The normalized spacial score (nSPS) is 29.5. The Bertz CT molecular complexity index is 409. The van der Waals surface area contributed by atoms with Crippen LogP contribution in [0.5, 0.6) is 0 Å². The smallest absolute Gasteiger partial charge is 0.221 e. The Kier molecular flexibility index (Phi) is 5.19. The van der Waals surface area contributed by atoms with Crippen molar-refractivity contribution in [2.45, 2.75) is 59.2 Å². The summed E-state index contributed by atoms with van der Waals surface area (Å²) in [7, 11) is -1.51. The second kappa shape index (κ2) is 5.92. The fraction of sp³-hybridized carbons (Fsp3) is 0.733. The fourth-order valence-corrected chi connectivity index (χ4v) is 6.81. The van der Waals surface area contributed by atoms with Crippen molar-refractivity contribution in [1.29, 1.82) is 0 Å². The molecule has 0 unspecified atom stereocenters. The SMILES string of the molecule is C/C=C(/[C@@]1(C)CC(=O)CC[C@@H]1CC(=O)Cl)[Si](C)(C)C. The van der Waals surface area contributed by atoms with E-state index >= 15 is 0 Å². The molecule has 0 amide bonds. The van der Waals surface area contributed by atoms with Gasteiger partial charge >= 0.3 is 0 Å². The van der Waals surface area contributed by atoms with Crippen molar-refractivity contribution in [3.8, 4) is 0 Å². The zero-order valence-corrected chi connectivity index (χ0v) is 14.4. The summed E-state index contributed by atoms with van der Waals surface area (Å²) in [6.07, 6.45) is 4.50. The van der Waals surface area contributed by atoms with Crippen LogP contribution in [0.3, 0.4) is 0 Å². The molecule has 0 spiro atoms. The molecule has 1 fully saturated rings. The molecule has 0 bridgehead atoms. The van der Waals surface area contributed by atoms with Gasteiger partial charge in [0.2, 0.25) is 5.24 Å². The second-order valence-corrected chi connectivity index (χ2v) is 12.3. The predicted molar refractivity (Wildman–Crippen MR) is 83.0 cm³/mol. The van der Waals surface area contributed by atoms with Crippen molar-refractivity contribution in [3.05, 3.63) is 11.3 Å². The maximum absolute atomic E-state index is 11.9. The maximum atomic E-state index is 11.9. The van der Waals surface area contributed by atoms with Gasteiger partial charge in [-0.05, 0) is 36.3 Å². The van der Waals surface area contributed by atoms with E-state index in [2.05, 4.69) is 39.6 Å². The molecule has 0 heterocycles. The fourth-order valence-electron chi connectivity index (χ4n) is 3.75. The van der Waals surface area contributed by atoms with Crippen LogP contribution in [0.1, 0.15) is 39.5 Å². The average Bonchev–Trinajstić information content (AvgIpc) is 2.20. The first-order valence-corrected chi connectivity index (χ1v) is 10.9. The molecule has 19 heavy (non-hydrogen) atoms. The molecule has 0 radical (unpaired) electrons. The first kappa shape index (κ1) is 16.6. The highest BCUT2D eigenvalue weighted by molar-refractivity contribution is 6.83. The third kappa shape index (κ3) is 3.79. The number of hydrogen-bond acceptors (Lipinski definition) is 2. The zero-order chi connectivity index (χ0) is 14.8. The molecule has 0 aromatic rings. The molecular formula is C15H25ClO2Si. The van der Waals surface area contributed by atoms with Gasteiger partial charge in [-0.2, -0.15) is 0 Å². The number of allylic oxidation sites excluding steroid dienone is 2. The Morgan fingerprint density at radius 1 is 1.47 bits per heavy atom. The molecule has 0 aromatic carbocycles. The number of ketones is 1. The van der Waals surface area contributed by atoms with Crippen LogP contribution < -0.4 is 0 Å². The topological polar surface area (TPSA) is 34.1 Å². The molecule has 1 aliphatic carbocycles. The highest BCUT2D eigenvalue weighted by Gasteiger charge is 2.46. The van der Waals surface area contributed by atoms with Crippen LogP contribution in [0.25, 0.3) is 0 Å². The van der Waals surface area contributed by atoms with Crippen molar-refractivity contribution in [2.75, 3.05) is 0 Å². The van der Waals surface area contributed by atoms with Gasteiger partial charge in [0, 0.05) is 19.3 Å². The van der Waals surface area contributed by atoms with E-state index in [-0.39, 0.29) is 16.6 Å². The van der Waals surface area contributed by atoms with Gasteiger partial charge in [0.15, 0.2) is 0 Å². The molecule has 0 aliphatic heterocycles. The van der Waals surface area contributed by atoms with E-state index < -0.39 is 8.07 Å². The van der Waals surface area contributed by atoms with Crippen molar-refractivity contribution in [2.24, 2.45) is 11.3 Å². The van der Waals surface area contributed by atoms with Gasteiger partial charge in [0.1, 0.15) is 5.78 Å². The van der Waals surface area contributed by atoms with Crippen LogP contribution in [0.4, 0.5) is 0 Å². The molecule has 1 rings (SSSR count). The zero-order valence-electron chi connectivity index (χ0n) is 12.7. The summed E-state index contributed by atoms with van der Waals surface area (Å²) in [5, 5.41) is 1.12. The molecule has 1 saturated carbocycles. The lowest BCUT2D eigenvalue weighted by Crippen LogP contribution is -2.44. The van der Waals surface area contributed by atoms with Crippen LogP contribution >= 0.6 is 11.6 Å². The lowest BCUT2D eigenvalue weighted by Gasteiger charge is -2.46. The van der Waals surface area contributed by atoms with E-state index in [1.165, 1.54) is 5.20 Å². The minimum atomic E-state index is -1.51. The first-order chi connectivity index (χ1) is 8.61. The van der Waals surface area contributed by atoms with Crippen LogP contribution in [-0.2, 0) is 9.59 Å². The summed E-state index contributed by atoms with van der Waals surface area (Å²) >= 11 is 5.60. The van der Waals surface area contributed by atoms with Gasteiger partial charge in [-0.1, -0.05) is 37.8 Å². The molecule has 2 nitrogen and oxygen atoms in total. The Morgan fingerprint density at radius 2 is 2.05 bits per heavy atom. The van der Waals surface area contributed by atoms with E-state index in [1.807, 2.05) is 0 Å². The minimum absolute atomic E-state index is 0.181. The van der Waals surface area contributed by atoms with Crippen molar-refractivity contribution < 1.29 is 9.59 Å². The molecule has 1 aliphatic rings. The summed E-state index contributed by atoms with van der Waals surface area (Å²) in [5.74, 6) is 0.520. The summed E-state index contributed by atoms with van der Waals surface area (Å²) in [4.78, 5) is 23.2. The lowest BCUT2D eigenvalue weighted by molar-refractivity contribution is -0.125. The standard InChI is InChI=1S/C15H25ClO2Si/c1-6-13(19(3,4)5)15(2)10-12(17)8-7-11(15)9-14(16)18/h6,11H,7-10H2,1-5H3/b13-6-/t11-,15+/m1/s1. The minimum Gasteiger partial charge on any atom is -0.300 e. The van der Waals surface area contributed by atoms with Gasteiger partial charge in [0.05, 0.1) is 8.07 Å². The van der Waals surface area contributed by atoms with Gasteiger partial charge in [-0.15, -0.1) is 0 Å². The molecule has 0 aromatic heterocycles. The van der Waals surface area contributed by atoms with Crippen LogP contribution in [0.15, 0.2) is 11.3 Å². The first-order valence-electron chi connectivity index (χ1n) is 6.98. The van der Waals surface area contributed by atoms with Gasteiger partial charge in [-0.25, -0.2) is 0 Å². The second-order valence-electron chi connectivity index (χ2n) is 6.88. The highest BCUT2D eigenvalue weighted by Crippen LogP contribution is 2.49. The highest BCUT2D eigenvalue weighted by atomic mass is 35.5. The quantitative estimate of drug-likeness (QED) is 0.571. The van der Waals surface area contributed by atoms with Crippen molar-refractivity contribution in [3.63, 3.8) is 0 Å². The molecule has 0 N–H and O–H groups in total. The van der Waals surface area contributed by atoms with Crippen LogP contribution in [0, 0.1) is 11.3 Å². The summed E-state index contributed by atoms with van der Waals surface area (Å²) in [6, 6.07) is 0. The third-order valence-corrected chi connectivity index (χ3v) is 6.99. The van der Waals surface area contributed by atoms with Gasteiger partial charge in [-0.3, -0.25) is 9.59 Å². The molecule has 2 atom stereocenters. The average molecular weight is 301 g/mol. The Hall–Kier alpha value is -0.413. The van der Waals surface area contributed by atoms with E-state index in [0.29, 0.717) is 25.0 Å². The van der Waals surface area contributed by atoms with Crippen LogP contribution in [-0.4, -0.2) is 19.1 Å². The molecule has 4 heteroatoms. The summed E-state index contributed by atoms with van der Waals surface area (Å²) in [6.45, 7) is 11.1. The van der Waals surface area contributed by atoms with Crippen molar-refractivity contribution >= 4 is 30.7 Å². The maximum Gasteiger partial charge on any atom is 0.221 e. The van der Waals surface area contributed by atoms with E-state index in [0.717, 1.165) is 6.42 Å². The van der Waals surface area contributed by atoms with Crippen LogP contribution in [0.2, 0.25) is 19.6 Å². The Labute approximate surface area is 122 Å². The third-order valence-electron chi connectivity index (χ3n) is 4.36. The number of halogens is 1. The number of rotatable bonds is 4. The molecule has 0 saturated heterocycles. The number of carbonyl (C=O) groups is 2. The summed E-state index contributed by atoms with van der Waals surface area (Å²) < 4.78 is 0. The van der Waals surface area contributed by atoms with E-state index in [4.69, 9.17) is 11.6 Å². The molecular weight excluding hydrogens is 276 g/mol. The Morgan fingerprint density at radius 3 is 2.47 bits per heavy atom. The van der Waals surface area contributed by atoms with E-state index in [9.17, 15) is 9.59 Å². The number of carbonyl (C=O) groups excluding carboxylic acids is 2. The summed E-state index contributed by atoms with van der Waals surface area (Å²) in [5.41, 5.74) is -0.181. The van der Waals surface area contributed by atoms with Gasteiger partial charge < -0.3 is 0 Å². The predicted octanol–water partition coefficient (Wildman–Crippen LogP) is 4.34. The monoisotopic (exact) mass is 300 g/mol. The van der Waals surface area contributed by atoms with E-state index in [1.54, 1.807) is 0 Å². The Balaban J connectivity index is 3.19. The number of hydrogen-bond donors (Lipinski definition) is 0. The van der Waals surface area contributed by atoms with Crippen molar-refractivity contribution in [1.82, 2.24) is 0 Å². The van der Waals surface area contributed by atoms with Gasteiger partial charge in [0.25, 0.3) is 0 Å².